The van der Waals surface area contributed by atoms with Crippen molar-refractivity contribution in [3.8, 4) is 57.3 Å². The number of nitrogens with zero attached hydrogens (tertiary/aromatic N) is 6. The summed E-state index contributed by atoms with van der Waals surface area (Å²) >= 11 is 7.33. The zero-order valence-electron chi connectivity index (χ0n) is 56.4. The van der Waals surface area contributed by atoms with Gasteiger partial charge in [0.1, 0.15) is 70.7 Å². The van der Waals surface area contributed by atoms with Crippen molar-refractivity contribution in [2.24, 2.45) is 0 Å². The molecule has 0 radical (unpaired) electrons. The van der Waals surface area contributed by atoms with Crippen LogP contribution in [0, 0.1) is 24.0 Å². The number of rotatable bonds is 17. The number of halogens is 3. The molecule has 2 N–H and O–H groups in total. The Morgan fingerprint density at radius 3 is 1.09 bits per heavy atom. The van der Waals surface area contributed by atoms with Crippen molar-refractivity contribution < 1.29 is 74.4 Å². The molecule has 0 unspecified atom stereocenters. The summed E-state index contributed by atoms with van der Waals surface area (Å²) in [6.07, 6.45) is 2.00. The van der Waals surface area contributed by atoms with E-state index in [1.54, 1.807) is 89.5 Å². The second kappa shape index (κ2) is 37.1. The van der Waals surface area contributed by atoms with Gasteiger partial charge >= 0.3 is 23.1 Å². The number of hydrogen-bond donors (Lipinski definition) is 2. The molecule has 0 atom stereocenters. The summed E-state index contributed by atoms with van der Waals surface area (Å²) in [6.45, 7) is 15.7. The molecular formula is C67H86Cl2IMgN6O13P3. The van der Waals surface area contributed by atoms with E-state index in [1.807, 2.05) is 148 Å². The third kappa shape index (κ3) is 22.4. The predicted octanol–water partition coefficient (Wildman–Crippen LogP) is 10.5. The van der Waals surface area contributed by atoms with Crippen LogP contribution in [0.15, 0.2) is 133 Å². The number of methoxy groups -OCH3 is 3. The molecule has 5 aromatic carbocycles. The van der Waals surface area contributed by atoms with Gasteiger partial charge in [-0.05, 0) is 147 Å². The van der Waals surface area contributed by atoms with Crippen molar-refractivity contribution in [1.82, 2.24) is 28.4 Å². The van der Waals surface area contributed by atoms with Gasteiger partial charge in [-0.3, -0.25) is 28.1 Å². The molecule has 3 amide bonds. The van der Waals surface area contributed by atoms with Crippen LogP contribution < -0.4 is 47.0 Å². The molecule has 8 rings (SSSR count). The second-order valence-corrected chi connectivity index (χ2v) is 34.5. The Morgan fingerprint density at radius 2 is 0.774 bits per heavy atom. The van der Waals surface area contributed by atoms with Gasteiger partial charge in [-0.25, -0.2) is 0 Å². The minimum atomic E-state index is -3.00. The maximum absolute atomic E-state index is 13.5. The van der Waals surface area contributed by atoms with Crippen LogP contribution >= 0.6 is 54.6 Å². The molecule has 0 aliphatic heterocycles. The third-order valence-corrected chi connectivity index (χ3v) is 16.9. The van der Waals surface area contributed by atoms with Gasteiger partial charge in [0.25, 0.3) is 17.7 Å². The molecule has 0 saturated heterocycles. The minimum Gasteiger partial charge on any atom is -1.00 e. The quantitative estimate of drug-likeness (QED) is 0.0376. The SMILES string of the molecule is COc1ccc(-n2c(C(=O)N(C)C)c(C)c(OCc3ccccc3)c2P(C)(C)=O)cc1.COc1ccc(-n2c(C(=O)N(C)C)c(O)c(O)c2P(C)(C)=O)cc1.COc1ccc(-n2c(I)c(OCc3ccccc3)c(C)c2C(=O)N(C)C)cc1.CP(C)(=O)Cl.C[CH-]C.[Cl-].[Mg+2]. The minimum absolute atomic E-state index is 0. The number of carbonyl (C=O) groups excluding carboxylic acids is 3. The average molecular weight is 1500 g/mol. The number of benzene rings is 5. The number of aromatic hydroxyl groups is 2. The van der Waals surface area contributed by atoms with E-state index in [2.05, 4.69) is 22.6 Å². The van der Waals surface area contributed by atoms with Crippen molar-refractivity contribution in [2.75, 3.05) is 104 Å². The molecule has 8 aromatic rings. The first-order valence-electron chi connectivity index (χ1n) is 28.4. The molecule has 93 heavy (non-hydrogen) atoms. The van der Waals surface area contributed by atoms with Crippen molar-refractivity contribution in [1.29, 1.82) is 0 Å². The van der Waals surface area contributed by atoms with E-state index < -0.39 is 38.2 Å². The zero-order chi connectivity index (χ0) is 68.5. The molecule has 0 aliphatic carbocycles. The van der Waals surface area contributed by atoms with Crippen LogP contribution in [0.25, 0.3) is 17.1 Å². The standard InChI is InChI=1S/C24H29N2O4P.C22H23IN2O3.C16H21N2O5P.C3H7.C2H6ClOP.ClH.Mg/c1-17-21(23(27)25(2)3)26(19-12-14-20(29-4)15-13-19)24(31(5,6)28)22(17)30-16-18-10-8-7-9-11-18;1-15-19(22(26)24(2)3)25(17-10-12-18(27-4)13-11-17)21(23)20(15)28-14-16-8-6-5-7-9-16;1-17(2)15(21)12-13(19)14(20)16(24(4,5)22)18(12)10-6-8-11(23-3)9-7-10;1-3-2;1-5(2,3)4;;/h7-15H,16H2,1-6H3;5-13H,14H2,1-4H3;6-9,19-20H,1-5H3;3H,1-2H3;1-2H3;1H;/q;;;-1;;;+2/p-1. The van der Waals surface area contributed by atoms with E-state index in [4.69, 9.17) is 34.9 Å². The van der Waals surface area contributed by atoms with Gasteiger partial charge in [0.05, 0.1) is 21.3 Å². The molecular weight excluding hydrogens is 1410 g/mol. The number of aromatic nitrogens is 3. The van der Waals surface area contributed by atoms with Gasteiger partial charge in [-0.2, -0.15) is 13.8 Å². The first-order valence-corrected chi connectivity index (χ1v) is 38.2. The third-order valence-electron chi connectivity index (χ3n) is 13.0. The van der Waals surface area contributed by atoms with E-state index in [-0.39, 0.29) is 58.4 Å². The van der Waals surface area contributed by atoms with Gasteiger partial charge in [-0.1, -0.05) is 71.9 Å². The summed E-state index contributed by atoms with van der Waals surface area (Å²) in [7, 11) is 8.90. The molecule has 0 fully saturated rings. The molecule has 3 heterocycles. The van der Waals surface area contributed by atoms with E-state index in [1.165, 1.54) is 62.2 Å². The summed E-state index contributed by atoms with van der Waals surface area (Å²) in [6, 6.07) is 41.4. The fraction of sp³-hybridized carbons (Fsp3) is 0.313. The van der Waals surface area contributed by atoms with E-state index in [9.17, 15) is 38.3 Å². The van der Waals surface area contributed by atoms with Crippen molar-refractivity contribution in [3.63, 3.8) is 0 Å². The number of hydrogen-bond acceptors (Lipinski definition) is 13. The maximum atomic E-state index is 13.5. The molecule has 0 saturated carbocycles. The Labute approximate surface area is 589 Å². The molecule has 0 bridgehead atoms. The summed E-state index contributed by atoms with van der Waals surface area (Å²) in [5.74, 6) is 1.42. The normalized spacial score (nSPS) is 10.7. The van der Waals surface area contributed by atoms with Gasteiger partial charge in [0, 0.05) is 83.8 Å². The number of ether oxygens (including phenoxy) is 5. The molecule has 0 aliphatic rings. The summed E-state index contributed by atoms with van der Waals surface area (Å²) < 4.78 is 70.0. The largest absolute Gasteiger partial charge is 2.00 e. The number of carbonyl (C=O) groups is 3. The summed E-state index contributed by atoms with van der Waals surface area (Å²) in [5.41, 5.74) is 7.11. The summed E-state index contributed by atoms with van der Waals surface area (Å²) in [4.78, 5) is 43.0. The number of amides is 3. The summed E-state index contributed by atoms with van der Waals surface area (Å²) in [5, 5.41) is 20.6. The van der Waals surface area contributed by atoms with Gasteiger partial charge in [0.2, 0.25) is 0 Å². The first-order chi connectivity index (χ1) is 42.6. The Hall–Kier alpha value is -6.28. The zero-order valence-corrected chi connectivity index (χ0v) is 64.2. The van der Waals surface area contributed by atoms with Crippen LogP contribution in [0.1, 0.15) is 67.6 Å². The Kier molecular flexibility index (Phi) is 33.1. The van der Waals surface area contributed by atoms with Crippen LogP contribution in [0.5, 0.6) is 40.2 Å². The fourth-order valence-corrected chi connectivity index (χ4v) is 12.7. The monoisotopic (exact) mass is 1500 g/mol. The Morgan fingerprint density at radius 1 is 0.495 bits per heavy atom. The maximum Gasteiger partial charge on any atom is 2.00 e. The van der Waals surface area contributed by atoms with Gasteiger partial charge in [0.15, 0.2) is 35.2 Å². The Balaban J connectivity index is 0.000000446. The average Bonchev–Trinajstić information content (AvgIpc) is 1.62. The van der Waals surface area contributed by atoms with E-state index >= 15 is 0 Å². The van der Waals surface area contributed by atoms with Crippen LogP contribution in [0.3, 0.4) is 0 Å². The van der Waals surface area contributed by atoms with Gasteiger partial charge < -0.3 is 81.1 Å². The Bertz CT molecular complexity index is 3880. The van der Waals surface area contributed by atoms with Crippen molar-refractivity contribution in [3.05, 3.63) is 183 Å². The first kappa shape index (κ1) is 82.8. The fourth-order valence-electron chi connectivity index (χ4n) is 8.88. The van der Waals surface area contributed by atoms with E-state index in [0.29, 0.717) is 58.5 Å². The van der Waals surface area contributed by atoms with Gasteiger partial charge in [-0.15, -0.1) is 0 Å². The van der Waals surface area contributed by atoms with E-state index in [0.717, 1.165) is 43.3 Å². The second-order valence-electron chi connectivity index (χ2n) is 22.3. The van der Waals surface area contributed by atoms with Crippen molar-refractivity contribution >= 4 is 106 Å². The van der Waals surface area contributed by atoms with Crippen LogP contribution in [-0.4, -0.2) is 183 Å². The topological polar surface area (TPSA) is 214 Å². The molecule has 26 heteroatoms. The van der Waals surface area contributed by atoms with Crippen molar-refractivity contribution in [2.45, 2.75) is 40.9 Å². The van der Waals surface area contributed by atoms with Crippen LogP contribution in [0.4, 0.5) is 0 Å². The van der Waals surface area contributed by atoms with Crippen LogP contribution in [0.2, 0.25) is 0 Å². The smallest absolute Gasteiger partial charge is 1.00 e. The molecule has 500 valence electrons. The molecule has 0 spiro atoms. The molecule has 19 nitrogen and oxygen atoms in total. The predicted molar refractivity (Wildman–Crippen MR) is 383 cm³/mol. The van der Waals surface area contributed by atoms with Crippen LogP contribution in [-0.2, 0) is 26.9 Å². The molecule has 3 aromatic heterocycles.